The first-order valence-corrected chi connectivity index (χ1v) is 9.48. The summed E-state index contributed by atoms with van der Waals surface area (Å²) >= 11 is 6.14. The highest BCUT2D eigenvalue weighted by molar-refractivity contribution is 6.31. The zero-order chi connectivity index (χ0) is 18.8. The van der Waals surface area contributed by atoms with E-state index in [9.17, 15) is 4.79 Å². The number of amides is 1. The molecule has 0 aliphatic carbocycles. The number of hydrogen-bond acceptors (Lipinski definition) is 3. The van der Waals surface area contributed by atoms with Gasteiger partial charge in [-0.05, 0) is 42.8 Å². The van der Waals surface area contributed by atoms with Gasteiger partial charge in [0.1, 0.15) is 0 Å². The number of carbonyl (C=O) groups excluding carboxylic acids is 1. The highest BCUT2D eigenvalue weighted by Crippen LogP contribution is 2.28. The summed E-state index contributed by atoms with van der Waals surface area (Å²) in [6.07, 6.45) is 0.295. The lowest BCUT2D eigenvalue weighted by atomic mass is 10.1. The number of nitrogens with zero attached hydrogens (tertiary/aromatic N) is 1. The number of morpholine rings is 1. The zero-order valence-corrected chi connectivity index (χ0v) is 16.0. The summed E-state index contributed by atoms with van der Waals surface area (Å²) in [6, 6.07) is 13.6. The lowest BCUT2D eigenvalue weighted by molar-refractivity contribution is -0.115. The summed E-state index contributed by atoms with van der Waals surface area (Å²) in [5.41, 5.74) is 4.83. The van der Waals surface area contributed by atoms with Crippen LogP contribution in [0.2, 0.25) is 5.02 Å². The first kappa shape index (κ1) is 17.9. The Balaban J connectivity index is 1.56. The van der Waals surface area contributed by atoms with Gasteiger partial charge in [0.15, 0.2) is 0 Å². The molecule has 1 aliphatic heterocycles. The van der Waals surface area contributed by atoms with Crippen molar-refractivity contribution < 1.29 is 9.53 Å². The van der Waals surface area contributed by atoms with Gasteiger partial charge in [0.25, 0.3) is 0 Å². The Morgan fingerprint density at radius 2 is 2.00 bits per heavy atom. The van der Waals surface area contributed by atoms with Crippen LogP contribution in [0.25, 0.3) is 10.9 Å². The van der Waals surface area contributed by atoms with Gasteiger partial charge in [0.2, 0.25) is 5.91 Å². The molecule has 140 valence electrons. The second-order valence-electron chi connectivity index (χ2n) is 6.76. The normalized spacial score (nSPS) is 14.5. The summed E-state index contributed by atoms with van der Waals surface area (Å²) in [7, 11) is 0. The summed E-state index contributed by atoms with van der Waals surface area (Å²) in [5.74, 6) is -0.0420. The lowest BCUT2D eigenvalue weighted by Crippen LogP contribution is -2.36. The topological polar surface area (TPSA) is 57.4 Å². The minimum atomic E-state index is -0.0420. The molecule has 2 aromatic carbocycles. The minimum Gasteiger partial charge on any atom is -0.378 e. The van der Waals surface area contributed by atoms with Crippen molar-refractivity contribution in [2.24, 2.45) is 0 Å². The number of aromatic amines is 1. The summed E-state index contributed by atoms with van der Waals surface area (Å²) < 4.78 is 5.43. The molecule has 0 spiro atoms. The van der Waals surface area contributed by atoms with Crippen LogP contribution in [0.5, 0.6) is 0 Å². The Morgan fingerprint density at radius 3 is 2.81 bits per heavy atom. The van der Waals surface area contributed by atoms with E-state index >= 15 is 0 Å². The summed E-state index contributed by atoms with van der Waals surface area (Å²) in [5, 5.41) is 4.75. The standard InChI is InChI=1S/C21H22ClN3O2/c1-14-16(17-12-15(22)6-7-18(17)23-14)13-21(26)24-19-4-2-3-5-20(19)25-8-10-27-11-9-25/h2-7,12,23H,8-11,13H2,1H3,(H,24,26). The van der Waals surface area contributed by atoms with E-state index in [1.165, 1.54) is 0 Å². The van der Waals surface area contributed by atoms with E-state index in [4.69, 9.17) is 16.3 Å². The van der Waals surface area contributed by atoms with Crippen LogP contribution < -0.4 is 10.2 Å². The average molecular weight is 384 g/mol. The molecule has 6 heteroatoms. The molecule has 1 aliphatic rings. The molecule has 1 fully saturated rings. The molecule has 0 unspecified atom stereocenters. The van der Waals surface area contributed by atoms with Crippen LogP contribution in [-0.4, -0.2) is 37.2 Å². The van der Waals surface area contributed by atoms with E-state index in [0.717, 1.165) is 46.6 Å². The number of nitrogens with one attached hydrogen (secondary N) is 2. The van der Waals surface area contributed by atoms with Crippen LogP contribution in [0, 0.1) is 6.92 Å². The van der Waals surface area contributed by atoms with Crippen molar-refractivity contribution in [3.63, 3.8) is 0 Å². The molecule has 27 heavy (non-hydrogen) atoms. The molecule has 4 rings (SSSR count). The van der Waals surface area contributed by atoms with Crippen molar-refractivity contribution in [3.8, 4) is 0 Å². The highest BCUT2D eigenvalue weighted by atomic mass is 35.5. The van der Waals surface area contributed by atoms with E-state index < -0.39 is 0 Å². The zero-order valence-electron chi connectivity index (χ0n) is 15.2. The predicted molar refractivity (Wildman–Crippen MR) is 110 cm³/mol. The number of aryl methyl sites for hydroxylation is 1. The van der Waals surface area contributed by atoms with E-state index in [0.29, 0.717) is 24.7 Å². The van der Waals surface area contributed by atoms with Crippen LogP contribution in [0.1, 0.15) is 11.3 Å². The molecular weight excluding hydrogens is 362 g/mol. The van der Waals surface area contributed by atoms with Crippen LogP contribution in [0.4, 0.5) is 11.4 Å². The first-order valence-electron chi connectivity index (χ1n) is 9.10. The van der Waals surface area contributed by atoms with Gasteiger partial charge in [-0.2, -0.15) is 0 Å². The maximum absolute atomic E-state index is 12.8. The number of halogens is 1. The number of fused-ring (bicyclic) bond motifs is 1. The number of para-hydroxylation sites is 2. The predicted octanol–water partition coefficient (Wildman–Crippen LogP) is 4.15. The largest absolute Gasteiger partial charge is 0.378 e. The van der Waals surface area contributed by atoms with Crippen LogP contribution in [0.15, 0.2) is 42.5 Å². The lowest BCUT2D eigenvalue weighted by Gasteiger charge is -2.30. The van der Waals surface area contributed by atoms with Crippen molar-refractivity contribution in [2.45, 2.75) is 13.3 Å². The molecule has 5 nitrogen and oxygen atoms in total. The Hall–Kier alpha value is -2.50. The maximum atomic E-state index is 12.8. The SMILES string of the molecule is Cc1[nH]c2ccc(Cl)cc2c1CC(=O)Nc1ccccc1N1CCOCC1. The molecule has 1 saturated heterocycles. The molecule has 2 heterocycles. The number of rotatable bonds is 4. The fraction of sp³-hybridized carbons (Fsp3) is 0.286. The van der Waals surface area contributed by atoms with E-state index in [1.807, 2.05) is 49.4 Å². The number of anilines is 2. The number of hydrogen-bond donors (Lipinski definition) is 2. The molecule has 3 aromatic rings. The van der Waals surface area contributed by atoms with Crippen molar-refractivity contribution in [1.29, 1.82) is 0 Å². The fourth-order valence-corrected chi connectivity index (χ4v) is 3.77. The van der Waals surface area contributed by atoms with Gasteiger partial charge in [-0.15, -0.1) is 0 Å². The van der Waals surface area contributed by atoms with Crippen molar-refractivity contribution in [2.75, 3.05) is 36.5 Å². The van der Waals surface area contributed by atoms with E-state index in [1.54, 1.807) is 0 Å². The van der Waals surface area contributed by atoms with E-state index in [2.05, 4.69) is 15.2 Å². The number of aromatic nitrogens is 1. The third-order valence-corrected chi connectivity index (χ3v) is 5.18. The second kappa shape index (κ2) is 7.62. The van der Waals surface area contributed by atoms with Gasteiger partial charge in [0.05, 0.1) is 31.0 Å². The first-order chi connectivity index (χ1) is 13.1. The molecular formula is C21H22ClN3O2. The van der Waals surface area contributed by atoms with Crippen molar-refractivity contribution in [3.05, 3.63) is 58.7 Å². The van der Waals surface area contributed by atoms with Crippen LogP contribution in [0.3, 0.4) is 0 Å². The number of benzene rings is 2. The fourth-order valence-electron chi connectivity index (χ4n) is 3.60. The quantitative estimate of drug-likeness (QED) is 0.711. The maximum Gasteiger partial charge on any atom is 0.228 e. The van der Waals surface area contributed by atoms with Gasteiger partial charge in [-0.1, -0.05) is 23.7 Å². The third-order valence-electron chi connectivity index (χ3n) is 4.95. The monoisotopic (exact) mass is 383 g/mol. The molecule has 0 saturated carbocycles. The number of H-pyrrole nitrogens is 1. The van der Waals surface area contributed by atoms with Gasteiger partial charge >= 0.3 is 0 Å². The average Bonchev–Trinajstić information content (AvgIpc) is 2.98. The molecule has 1 amide bonds. The molecule has 2 N–H and O–H groups in total. The second-order valence-corrected chi connectivity index (χ2v) is 7.20. The number of ether oxygens (including phenoxy) is 1. The molecule has 0 radical (unpaired) electrons. The van der Waals surface area contributed by atoms with Crippen LogP contribution >= 0.6 is 11.6 Å². The Bertz CT molecular complexity index is 977. The van der Waals surface area contributed by atoms with Crippen molar-refractivity contribution >= 4 is 39.8 Å². The summed E-state index contributed by atoms with van der Waals surface area (Å²) in [4.78, 5) is 18.4. The van der Waals surface area contributed by atoms with Gasteiger partial charge < -0.3 is 19.9 Å². The smallest absolute Gasteiger partial charge is 0.228 e. The van der Waals surface area contributed by atoms with Gasteiger partial charge in [-0.3, -0.25) is 4.79 Å². The number of carbonyl (C=O) groups is 1. The third kappa shape index (κ3) is 3.80. The minimum absolute atomic E-state index is 0.0420. The van der Waals surface area contributed by atoms with Gasteiger partial charge in [0, 0.05) is 34.7 Å². The Morgan fingerprint density at radius 1 is 1.22 bits per heavy atom. The van der Waals surface area contributed by atoms with Crippen molar-refractivity contribution in [1.82, 2.24) is 4.98 Å². The molecule has 1 aromatic heterocycles. The Labute approximate surface area is 163 Å². The highest BCUT2D eigenvalue weighted by Gasteiger charge is 2.17. The van der Waals surface area contributed by atoms with Crippen LogP contribution in [-0.2, 0) is 16.0 Å². The van der Waals surface area contributed by atoms with E-state index in [-0.39, 0.29) is 5.91 Å². The Kier molecular flexibility index (Phi) is 5.05. The molecule has 0 bridgehead atoms. The molecule has 0 atom stereocenters. The van der Waals surface area contributed by atoms with Gasteiger partial charge in [-0.25, -0.2) is 0 Å². The summed E-state index contributed by atoms with van der Waals surface area (Å²) in [6.45, 7) is 5.05.